The van der Waals surface area contributed by atoms with E-state index in [1.807, 2.05) is 31.2 Å². The van der Waals surface area contributed by atoms with Crippen LogP contribution in [0.5, 0.6) is 5.75 Å². The first-order chi connectivity index (χ1) is 17.4. The van der Waals surface area contributed by atoms with Crippen LogP contribution in [0, 0.1) is 3.57 Å². The van der Waals surface area contributed by atoms with Crippen molar-refractivity contribution in [3.63, 3.8) is 0 Å². The average Bonchev–Trinajstić information content (AvgIpc) is 3.40. The van der Waals surface area contributed by atoms with Crippen molar-refractivity contribution in [2.45, 2.75) is 19.4 Å². The molecule has 1 aliphatic heterocycles. The topological polar surface area (TPSA) is 79.7 Å². The second kappa shape index (κ2) is 10.2. The predicted octanol–water partition coefficient (Wildman–Crippen LogP) is 6.97. The quantitative estimate of drug-likeness (QED) is 0.108. The molecule has 1 amide bonds. The van der Waals surface area contributed by atoms with Crippen molar-refractivity contribution in [3.05, 3.63) is 92.0 Å². The number of benzene rings is 3. The number of hydrogen-bond donors (Lipinski definition) is 1. The van der Waals surface area contributed by atoms with Gasteiger partial charge in [0, 0.05) is 14.2 Å². The van der Waals surface area contributed by atoms with Crippen molar-refractivity contribution in [2.75, 3.05) is 11.5 Å². The fourth-order valence-electron chi connectivity index (χ4n) is 4.09. The molecule has 1 atom stereocenters. The maximum Gasteiger partial charge on any atom is 0.301 e. The van der Waals surface area contributed by atoms with Crippen LogP contribution in [-0.4, -0.2) is 28.4 Å². The van der Waals surface area contributed by atoms with E-state index >= 15 is 0 Å². The number of aromatic nitrogens is 1. The molecule has 1 unspecified atom stereocenters. The first-order valence-corrected chi connectivity index (χ1v) is 13.5. The van der Waals surface area contributed by atoms with Gasteiger partial charge in [-0.2, -0.15) is 0 Å². The largest absolute Gasteiger partial charge is 0.507 e. The van der Waals surface area contributed by atoms with E-state index in [4.69, 9.17) is 16.3 Å². The lowest BCUT2D eigenvalue weighted by molar-refractivity contribution is -0.132. The zero-order valence-corrected chi connectivity index (χ0v) is 22.8. The summed E-state index contributed by atoms with van der Waals surface area (Å²) in [5.41, 5.74) is 1.76. The Kier molecular flexibility index (Phi) is 7.00. The van der Waals surface area contributed by atoms with Gasteiger partial charge in [-0.05, 0) is 77.0 Å². The summed E-state index contributed by atoms with van der Waals surface area (Å²) < 4.78 is 7.50. The molecule has 9 heteroatoms. The van der Waals surface area contributed by atoms with Gasteiger partial charge in [-0.1, -0.05) is 54.1 Å². The molecule has 2 heterocycles. The normalized spacial score (nSPS) is 17.2. The number of Topliss-reactive ketones (excluding diaryl/α,β-unsaturated/α-hetero) is 1. The van der Waals surface area contributed by atoms with Gasteiger partial charge in [-0.25, -0.2) is 4.98 Å². The lowest BCUT2D eigenvalue weighted by Crippen LogP contribution is -2.29. The lowest BCUT2D eigenvalue weighted by Gasteiger charge is -2.23. The number of aliphatic hydroxyl groups is 1. The molecule has 1 saturated heterocycles. The van der Waals surface area contributed by atoms with E-state index in [2.05, 4.69) is 27.6 Å². The van der Waals surface area contributed by atoms with Gasteiger partial charge < -0.3 is 9.84 Å². The summed E-state index contributed by atoms with van der Waals surface area (Å²) in [5, 5.41) is 12.3. The van der Waals surface area contributed by atoms with E-state index < -0.39 is 17.7 Å². The van der Waals surface area contributed by atoms with Gasteiger partial charge in [0.2, 0.25) is 0 Å². The Morgan fingerprint density at radius 3 is 2.67 bits per heavy atom. The molecule has 182 valence electrons. The fraction of sp³-hybridized carbons (Fsp3) is 0.148. The van der Waals surface area contributed by atoms with Crippen molar-refractivity contribution < 1.29 is 19.4 Å². The molecule has 4 aromatic rings. The first-order valence-electron chi connectivity index (χ1n) is 11.2. The van der Waals surface area contributed by atoms with E-state index in [0.29, 0.717) is 39.2 Å². The third-order valence-corrected chi connectivity index (χ3v) is 7.73. The summed E-state index contributed by atoms with van der Waals surface area (Å²) in [6.07, 6.45) is 0.835. The minimum absolute atomic E-state index is 0.00568. The zero-order valence-electron chi connectivity index (χ0n) is 19.1. The Labute approximate surface area is 230 Å². The number of anilines is 1. The third kappa shape index (κ3) is 4.60. The minimum atomic E-state index is -0.849. The number of rotatable bonds is 6. The summed E-state index contributed by atoms with van der Waals surface area (Å²) in [5.74, 6) is -1.20. The van der Waals surface area contributed by atoms with Crippen molar-refractivity contribution >= 4 is 78.3 Å². The van der Waals surface area contributed by atoms with Crippen LogP contribution >= 0.6 is 45.5 Å². The number of nitrogens with zero attached hydrogens (tertiary/aromatic N) is 2. The molecule has 1 aromatic heterocycles. The van der Waals surface area contributed by atoms with E-state index in [1.165, 1.54) is 16.2 Å². The van der Waals surface area contributed by atoms with Crippen LogP contribution in [0.3, 0.4) is 0 Å². The highest BCUT2D eigenvalue weighted by molar-refractivity contribution is 14.1. The number of hydrogen-bond acceptors (Lipinski definition) is 6. The van der Waals surface area contributed by atoms with Crippen molar-refractivity contribution in [1.29, 1.82) is 0 Å². The number of carbonyl (C=O) groups excluding carboxylic acids is 2. The molecule has 1 fully saturated rings. The van der Waals surface area contributed by atoms with Gasteiger partial charge in [-0.3, -0.25) is 14.5 Å². The highest BCUT2D eigenvalue weighted by Crippen LogP contribution is 2.44. The molecule has 0 saturated carbocycles. The first kappa shape index (κ1) is 24.7. The number of thiazole rings is 1. The maximum atomic E-state index is 13.4. The van der Waals surface area contributed by atoms with E-state index in [1.54, 1.807) is 42.5 Å². The number of aliphatic hydroxyl groups excluding tert-OH is 1. The summed E-state index contributed by atoms with van der Waals surface area (Å²) in [4.78, 5) is 32.8. The smallest absolute Gasteiger partial charge is 0.301 e. The summed E-state index contributed by atoms with van der Waals surface area (Å²) in [6, 6.07) is 18.8. The fourth-order valence-corrected chi connectivity index (χ4v) is 5.72. The number of ketones is 1. The van der Waals surface area contributed by atoms with Crippen LogP contribution in [0.1, 0.15) is 30.5 Å². The van der Waals surface area contributed by atoms with Gasteiger partial charge in [0.15, 0.2) is 5.13 Å². The molecule has 1 aliphatic rings. The summed E-state index contributed by atoms with van der Waals surface area (Å²) in [7, 11) is 0. The van der Waals surface area contributed by atoms with Crippen molar-refractivity contribution in [3.8, 4) is 5.75 Å². The second-order valence-electron chi connectivity index (χ2n) is 8.21. The third-order valence-electron chi connectivity index (χ3n) is 5.76. The highest BCUT2D eigenvalue weighted by Gasteiger charge is 2.48. The number of halogens is 2. The van der Waals surface area contributed by atoms with Crippen LogP contribution in [-0.2, 0) is 9.59 Å². The molecule has 36 heavy (non-hydrogen) atoms. The summed E-state index contributed by atoms with van der Waals surface area (Å²) >= 11 is 9.61. The van der Waals surface area contributed by atoms with Crippen LogP contribution in [0.4, 0.5) is 5.13 Å². The van der Waals surface area contributed by atoms with Gasteiger partial charge in [0.05, 0.1) is 28.4 Å². The van der Waals surface area contributed by atoms with E-state index in [-0.39, 0.29) is 11.3 Å². The average molecular weight is 631 g/mol. The van der Waals surface area contributed by atoms with Crippen LogP contribution in [0.2, 0.25) is 5.02 Å². The van der Waals surface area contributed by atoms with Crippen molar-refractivity contribution in [1.82, 2.24) is 4.98 Å². The molecule has 0 bridgehead atoms. The molecule has 3 aromatic carbocycles. The van der Waals surface area contributed by atoms with Crippen LogP contribution < -0.4 is 9.64 Å². The van der Waals surface area contributed by atoms with E-state index in [9.17, 15) is 14.7 Å². The number of ether oxygens (including phenoxy) is 1. The molecule has 0 spiro atoms. The lowest BCUT2D eigenvalue weighted by atomic mass is 9.95. The zero-order chi connectivity index (χ0) is 25.4. The van der Waals surface area contributed by atoms with Gasteiger partial charge in [0.25, 0.3) is 5.78 Å². The predicted molar refractivity (Wildman–Crippen MR) is 151 cm³/mol. The maximum absolute atomic E-state index is 13.4. The van der Waals surface area contributed by atoms with Crippen LogP contribution in [0.25, 0.3) is 16.0 Å². The number of amides is 1. The van der Waals surface area contributed by atoms with Gasteiger partial charge in [-0.15, -0.1) is 0 Å². The molecular formula is C27H20ClIN2O4S. The molecule has 5 rings (SSSR count). The molecule has 0 radical (unpaired) electrons. The monoisotopic (exact) mass is 630 g/mol. The molecular weight excluding hydrogens is 611 g/mol. The Balaban J connectivity index is 1.68. The van der Waals surface area contributed by atoms with Gasteiger partial charge in [0.1, 0.15) is 11.5 Å². The summed E-state index contributed by atoms with van der Waals surface area (Å²) in [6.45, 7) is 2.53. The SMILES string of the molecule is CCCOc1cccc(C(O)=C2C(=O)C(=O)N(c3nc4ccc(Cl)cc4s3)C2c2ccc(I)cc2)c1. The molecule has 1 N–H and O–H groups in total. The van der Waals surface area contributed by atoms with Crippen molar-refractivity contribution in [2.24, 2.45) is 0 Å². The highest BCUT2D eigenvalue weighted by atomic mass is 127. The standard InChI is InChI=1S/C27H20ClIN2O4S/c1-2-12-35-19-5-3-4-16(13-19)24(32)22-23(15-6-9-18(29)10-7-15)31(26(34)25(22)33)27-30-20-11-8-17(28)14-21(20)36-27/h3-11,13-14,23,32H,2,12H2,1H3. The van der Waals surface area contributed by atoms with Crippen LogP contribution in [0.15, 0.2) is 72.3 Å². The Morgan fingerprint density at radius 2 is 1.92 bits per heavy atom. The number of fused-ring (bicyclic) bond motifs is 1. The Morgan fingerprint density at radius 1 is 1.14 bits per heavy atom. The second-order valence-corrected chi connectivity index (χ2v) is 10.9. The Hall–Kier alpha value is -2.95. The minimum Gasteiger partial charge on any atom is -0.507 e. The molecule has 0 aliphatic carbocycles. The Bertz CT molecular complexity index is 1520. The van der Waals surface area contributed by atoms with Gasteiger partial charge >= 0.3 is 5.91 Å². The molecule has 6 nitrogen and oxygen atoms in total. The van der Waals surface area contributed by atoms with E-state index in [0.717, 1.165) is 14.7 Å². The number of carbonyl (C=O) groups is 2.